The number of benzene rings is 2. The predicted molar refractivity (Wildman–Crippen MR) is 132 cm³/mol. The van der Waals surface area contributed by atoms with E-state index in [4.69, 9.17) is 14.2 Å². The lowest BCUT2D eigenvalue weighted by Gasteiger charge is -2.21. The molecule has 0 radical (unpaired) electrons. The predicted octanol–water partition coefficient (Wildman–Crippen LogP) is 4.65. The maximum Gasteiger partial charge on any atom is 0.151 e. The first-order chi connectivity index (χ1) is 16.9. The van der Waals surface area contributed by atoms with Gasteiger partial charge in [-0.15, -0.1) is 0 Å². The first-order valence-corrected chi connectivity index (χ1v) is 13.8. The first kappa shape index (κ1) is 22.6. The molecule has 2 saturated heterocycles. The molecule has 3 aliphatic rings. The lowest BCUT2D eigenvalue weighted by molar-refractivity contribution is 0.0310. The van der Waals surface area contributed by atoms with Crippen LogP contribution in [0.3, 0.4) is 0 Å². The van der Waals surface area contributed by atoms with Crippen molar-refractivity contribution in [1.29, 1.82) is 0 Å². The fourth-order valence-electron chi connectivity index (χ4n) is 4.83. The number of aromatic nitrogens is 2. The Morgan fingerprint density at radius 1 is 1.17 bits per heavy atom. The zero-order valence-electron chi connectivity index (χ0n) is 19.6. The number of anilines is 2. The van der Waals surface area contributed by atoms with Gasteiger partial charge >= 0.3 is 0 Å². The van der Waals surface area contributed by atoms with Crippen LogP contribution in [0.1, 0.15) is 24.8 Å². The number of ether oxygens (including phenoxy) is 3. The Bertz CT molecular complexity index is 1420. The van der Waals surface area contributed by atoms with E-state index in [-0.39, 0.29) is 23.6 Å². The molecular weight excluding hydrogens is 471 g/mol. The number of hydrogen-bond acceptors (Lipinski definition) is 8. The van der Waals surface area contributed by atoms with Gasteiger partial charge in [0.15, 0.2) is 6.10 Å². The van der Waals surface area contributed by atoms with Crippen molar-refractivity contribution in [2.75, 3.05) is 24.8 Å². The molecule has 10 heteroatoms. The van der Waals surface area contributed by atoms with Crippen LogP contribution in [0, 0.1) is 12.7 Å². The van der Waals surface area contributed by atoms with Crippen LogP contribution in [0.5, 0.6) is 5.75 Å². The molecule has 1 N–H and O–H groups in total. The molecule has 184 valence electrons. The second kappa shape index (κ2) is 8.69. The van der Waals surface area contributed by atoms with Crippen LogP contribution in [0.25, 0.3) is 10.9 Å². The van der Waals surface area contributed by atoms with Gasteiger partial charge in [-0.3, -0.25) is 0 Å². The average Bonchev–Trinajstić information content (AvgIpc) is 3.47. The van der Waals surface area contributed by atoms with Gasteiger partial charge in [0.2, 0.25) is 0 Å². The molecule has 4 atom stereocenters. The number of fused-ring (bicyclic) bond motifs is 2. The van der Waals surface area contributed by atoms with Gasteiger partial charge in [-0.25, -0.2) is 18.6 Å². The van der Waals surface area contributed by atoms with Gasteiger partial charge in [0.25, 0.3) is 0 Å². The van der Waals surface area contributed by atoms with Crippen LogP contribution in [0.15, 0.2) is 41.0 Å². The van der Waals surface area contributed by atoms with Gasteiger partial charge in [-0.2, -0.15) is 4.36 Å². The second-order valence-corrected chi connectivity index (χ2v) is 12.0. The maximum atomic E-state index is 14.2. The molecule has 0 spiro atoms. The summed E-state index contributed by atoms with van der Waals surface area (Å²) in [4.78, 5) is 8.87. The van der Waals surface area contributed by atoms with Crippen molar-refractivity contribution >= 4 is 37.8 Å². The highest BCUT2D eigenvalue weighted by Gasteiger charge is 2.43. The fraction of sp³-hybridized carbons (Fsp3) is 0.440. The van der Waals surface area contributed by atoms with Crippen molar-refractivity contribution in [3.05, 3.63) is 48.0 Å². The Morgan fingerprint density at radius 3 is 2.86 bits per heavy atom. The van der Waals surface area contributed by atoms with Gasteiger partial charge < -0.3 is 19.5 Å². The van der Waals surface area contributed by atoms with Crippen LogP contribution in [-0.2, 0) is 19.2 Å². The van der Waals surface area contributed by atoms with Crippen molar-refractivity contribution in [3.8, 4) is 5.75 Å². The van der Waals surface area contributed by atoms with E-state index in [2.05, 4.69) is 19.6 Å². The van der Waals surface area contributed by atoms with E-state index in [1.165, 1.54) is 18.5 Å². The van der Waals surface area contributed by atoms with Crippen molar-refractivity contribution in [3.63, 3.8) is 0 Å². The molecule has 8 nitrogen and oxygen atoms in total. The van der Waals surface area contributed by atoms with E-state index in [1.807, 2.05) is 19.1 Å². The molecule has 0 bridgehead atoms. The highest BCUT2D eigenvalue weighted by atomic mass is 32.2. The zero-order valence-corrected chi connectivity index (χ0v) is 20.4. The van der Waals surface area contributed by atoms with Gasteiger partial charge in [0, 0.05) is 29.6 Å². The summed E-state index contributed by atoms with van der Waals surface area (Å²) in [6.45, 7) is 2.98. The minimum Gasteiger partial charge on any atom is -0.483 e. The molecule has 2 unspecified atom stereocenters. The van der Waals surface area contributed by atoms with Crippen LogP contribution < -0.4 is 10.1 Å². The van der Waals surface area contributed by atoms with Crippen LogP contribution >= 0.6 is 0 Å². The Morgan fingerprint density at radius 2 is 2.03 bits per heavy atom. The lowest BCUT2D eigenvalue weighted by atomic mass is 10.1. The summed E-state index contributed by atoms with van der Waals surface area (Å²) < 4.78 is 49.3. The summed E-state index contributed by atoms with van der Waals surface area (Å²) >= 11 is 0. The quantitative estimate of drug-likeness (QED) is 0.529. The Kier molecular flexibility index (Phi) is 5.62. The van der Waals surface area contributed by atoms with E-state index in [9.17, 15) is 8.60 Å². The van der Waals surface area contributed by atoms with E-state index in [1.54, 1.807) is 12.3 Å². The number of halogens is 1. The molecule has 1 aromatic heterocycles. The number of hydrogen-bond donors (Lipinski definition) is 1. The number of rotatable bonds is 6. The molecule has 2 aliphatic heterocycles. The fourth-order valence-corrected chi connectivity index (χ4v) is 6.51. The summed E-state index contributed by atoms with van der Waals surface area (Å²) in [6.07, 6.45) is 5.51. The van der Waals surface area contributed by atoms with Crippen LogP contribution in [0.4, 0.5) is 21.6 Å². The normalized spacial score (nSPS) is 25.3. The minimum absolute atomic E-state index is 0.0239. The van der Waals surface area contributed by atoms with Crippen molar-refractivity contribution in [1.82, 2.24) is 9.97 Å². The SMILES string of the molecule is Cc1cc(N=S(C)(=O)C2CC2)cc2ncnc(Nc3ccc(F)cc3O[C@@H]3CO[C@@H]4CCOC43)c12. The number of nitrogens with zero attached hydrogens (tertiary/aromatic N) is 3. The topological polar surface area (TPSA) is 94.9 Å². The molecule has 3 heterocycles. The van der Waals surface area contributed by atoms with E-state index in [0.29, 0.717) is 41.7 Å². The highest BCUT2D eigenvalue weighted by Crippen LogP contribution is 2.37. The molecule has 3 aromatic rings. The standard InChI is InChI=1S/C25H27FN4O4S/c1-14-9-16(30-35(2,31)17-4-5-17)11-19-23(14)25(28-13-27-19)29-18-6-3-15(26)10-21(18)34-22-12-33-20-7-8-32-24(20)22/h3,6,9-11,13,17,20,22,24H,4-5,7-8,12H2,1-2H3,(H,27,28,29)/t20-,22-,24?,35?/m1/s1. The smallest absolute Gasteiger partial charge is 0.151 e. The largest absolute Gasteiger partial charge is 0.483 e. The van der Waals surface area contributed by atoms with E-state index >= 15 is 0 Å². The molecule has 35 heavy (non-hydrogen) atoms. The third-order valence-corrected chi connectivity index (χ3v) is 9.03. The summed E-state index contributed by atoms with van der Waals surface area (Å²) in [5.41, 5.74) is 2.80. The van der Waals surface area contributed by atoms with Crippen LogP contribution in [-0.4, -0.2) is 57.2 Å². The summed E-state index contributed by atoms with van der Waals surface area (Å²) in [7, 11) is -2.27. The van der Waals surface area contributed by atoms with Crippen molar-refractivity contribution in [2.45, 2.75) is 49.7 Å². The Balaban J connectivity index is 1.33. The third kappa shape index (κ3) is 4.46. The van der Waals surface area contributed by atoms with Gasteiger partial charge in [0.1, 0.15) is 29.8 Å². The summed E-state index contributed by atoms with van der Waals surface area (Å²) in [5.74, 6) is 0.524. The molecule has 0 amide bonds. The van der Waals surface area contributed by atoms with Crippen LogP contribution in [0.2, 0.25) is 0 Å². The monoisotopic (exact) mass is 498 g/mol. The van der Waals surface area contributed by atoms with Crippen molar-refractivity contribution in [2.24, 2.45) is 4.36 Å². The molecular formula is C25H27FN4O4S. The summed E-state index contributed by atoms with van der Waals surface area (Å²) in [6, 6.07) is 8.09. The number of aryl methyl sites for hydroxylation is 1. The maximum absolute atomic E-state index is 14.2. The van der Waals surface area contributed by atoms with Gasteiger partial charge in [-0.05, 0) is 56.0 Å². The van der Waals surface area contributed by atoms with Gasteiger partial charge in [0.05, 0.1) is 39.3 Å². The third-order valence-electron chi connectivity index (χ3n) is 6.74. The second-order valence-electron chi connectivity index (χ2n) is 9.45. The molecule has 1 saturated carbocycles. The van der Waals surface area contributed by atoms with E-state index < -0.39 is 15.5 Å². The van der Waals surface area contributed by atoms with Gasteiger partial charge in [-0.1, -0.05) is 0 Å². The van der Waals surface area contributed by atoms with E-state index in [0.717, 1.165) is 30.2 Å². The highest BCUT2D eigenvalue weighted by molar-refractivity contribution is 7.93. The molecule has 1 aliphatic carbocycles. The lowest BCUT2D eigenvalue weighted by Crippen LogP contribution is -2.32. The minimum atomic E-state index is -2.27. The first-order valence-electron chi connectivity index (χ1n) is 11.8. The Labute approximate surface area is 203 Å². The zero-order chi connectivity index (χ0) is 24.2. The van der Waals surface area contributed by atoms with Crippen molar-refractivity contribution < 1.29 is 22.8 Å². The molecule has 3 fully saturated rings. The average molecular weight is 499 g/mol. The molecule has 6 rings (SSSR count). The Hall–Kier alpha value is -2.82. The number of nitrogens with one attached hydrogen (secondary N) is 1. The molecule has 2 aromatic carbocycles. The summed E-state index contributed by atoms with van der Waals surface area (Å²) in [5, 5.41) is 4.28.